The first-order valence-electron chi connectivity index (χ1n) is 9.29. The highest BCUT2D eigenvalue weighted by atomic mass is 35.5. The first kappa shape index (κ1) is 26.7. The fraction of sp³-hybridized carbons (Fsp3) is 0.600. The number of nitrogens with one attached hydrogen (secondary N) is 1. The SMILES string of the molecule is CC(C)(C)[C@H](N)C(=O)NCc1cccc(CN2CCCC(C(N)=O)C2)c1.Cl.Cl. The van der Waals surface area contributed by atoms with Gasteiger partial charge in [0.15, 0.2) is 0 Å². The highest BCUT2D eigenvalue weighted by Gasteiger charge is 2.27. The van der Waals surface area contributed by atoms with Gasteiger partial charge in [-0.2, -0.15) is 0 Å². The number of halogens is 2. The fourth-order valence-electron chi connectivity index (χ4n) is 3.22. The van der Waals surface area contributed by atoms with Crippen molar-refractivity contribution in [2.45, 2.75) is 52.7 Å². The zero-order valence-electron chi connectivity index (χ0n) is 16.9. The normalized spacial score (nSPS) is 18.4. The van der Waals surface area contributed by atoms with Gasteiger partial charge in [-0.1, -0.05) is 45.0 Å². The topological polar surface area (TPSA) is 101 Å². The van der Waals surface area contributed by atoms with E-state index < -0.39 is 6.04 Å². The molecule has 6 nitrogen and oxygen atoms in total. The fourth-order valence-corrected chi connectivity index (χ4v) is 3.22. The molecule has 1 aliphatic rings. The minimum atomic E-state index is -0.537. The second-order valence-corrected chi connectivity index (χ2v) is 8.36. The number of nitrogens with zero attached hydrogens (tertiary/aromatic N) is 1. The molecule has 1 saturated heterocycles. The molecule has 5 N–H and O–H groups in total. The van der Waals surface area contributed by atoms with Gasteiger partial charge in [-0.05, 0) is 35.9 Å². The van der Waals surface area contributed by atoms with Crippen molar-refractivity contribution in [2.24, 2.45) is 22.8 Å². The summed E-state index contributed by atoms with van der Waals surface area (Å²) in [7, 11) is 0. The first-order valence-corrected chi connectivity index (χ1v) is 9.29. The van der Waals surface area contributed by atoms with Crippen LogP contribution in [0, 0.1) is 11.3 Å². The van der Waals surface area contributed by atoms with E-state index in [2.05, 4.69) is 22.3 Å². The molecular formula is C20H34Cl2N4O2. The second-order valence-electron chi connectivity index (χ2n) is 8.36. The first-order chi connectivity index (χ1) is 12.2. The van der Waals surface area contributed by atoms with Crippen molar-refractivity contribution in [3.05, 3.63) is 35.4 Å². The Labute approximate surface area is 180 Å². The Hall–Kier alpha value is -1.34. The molecule has 1 aliphatic heterocycles. The molecule has 0 aromatic heterocycles. The molecule has 28 heavy (non-hydrogen) atoms. The monoisotopic (exact) mass is 432 g/mol. The molecule has 1 heterocycles. The molecular weight excluding hydrogens is 399 g/mol. The van der Waals surface area contributed by atoms with E-state index in [1.165, 1.54) is 5.56 Å². The quantitative estimate of drug-likeness (QED) is 0.640. The predicted molar refractivity (Wildman–Crippen MR) is 117 cm³/mol. The van der Waals surface area contributed by atoms with Crippen molar-refractivity contribution in [1.29, 1.82) is 0 Å². The number of likely N-dealkylation sites (tertiary alicyclic amines) is 1. The molecule has 0 bridgehead atoms. The maximum absolute atomic E-state index is 12.2. The molecule has 160 valence electrons. The van der Waals surface area contributed by atoms with Crippen molar-refractivity contribution < 1.29 is 9.59 Å². The van der Waals surface area contributed by atoms with Gasteiger partial charge >= 0.3 is 0 Å². The van der Waals surface area contributed by atoms with Crippen LogP contribution < -0.4 is 16.8 Å². The molecule has 1 aromatic rings. The van der Waals surface area contributed by atoms with Crippen LogP contribution in [0.25, 0.3) is 0 Å². The number of carbonyl (C=O) groups is 2. The predicted octanol–water partition coefficient (Wildman–Crippen LogP) is 2.22. The third-order valence-electron chi connectivity index (χ3n) is 4.99. The number of hydrogen-bond acceptors (Lipinski definition) is 4. The molecule has 1 fully saturated rings. The Bertz CT molecular complexity index is 649. The summed E-state index contributed by atoms with van der Waals surface area (Å²) in [5.74, 6) is -0.394. The second kappa shape index (κ2) is 11.6. The van der Waals surface area contributed by atoms with Crippen LogP contribution in [0.1, 0.15) is 44.7 Å². The Morgan fingerprint density at radius 1 is 1.25 bits per heavy atom. The number of piperidine rings is 1. The minimum Gasteiger partial charge on any atom is -0.369 e. The molecule has 0 saturated carbocycles. The number of nitrogens with two attached hydrogens (primary N) is 2. The molecule has 1 aromatic carbocycles. The summed E-state index contributed by atoms with van der Waals surface area (Å²) in [5, 5.41) is 2.92. The third-order valence-corrected chi connectivity index (χ3v) is 4.99. The average Bonchev–Trinajstić information content (AvgIpc) is 2.58. The van der Waals surface area contributed by atoms with Crippen molar-refractivity contribution in [1.82, 2.24) is 10.2 Å². The Morgan fingerprint density at radius 3 is 2.50 bits per heavy atom. The van der Waals surface area contributed by atoms with Crippen LogP contribution in [0.4, 0.5) is 0 Å². The Morgan fingerprint density at radius 2 is 1.89 bits per heavy atom. The van der Waals surface area contributed by atoms with E-state index in [0.29, 0.717) is 6.54 Å². The largest absolute Gasteiger partial charge is 0.369 e. The van der Waals surface area contributed by atoms with Crippen LogP contribution in [0.15, 0.2) is 24.3 Å². The van der Waals surface area contributed by atoms with E-state index in [9.17, 15) is 9.59 Å². The lowest BCUT2D eigenvalue weighted by atomic mass is 9.87. The van der Waals surface area contributed by atoms with Crippen LogP contribution in [0.3, 0.4) is 0 Å². The van der Waals surface area contributed by atoms with Gasteiger partial charge in [-0.15, -0.1) is 24.8 Å². The number of amides is 2. The smallest absolute Gasteiger partial charge is 0.237 e. The lowest BCUT2D eigenvalue weighted by Crippen LogP contribution is -2.48. The van der Waals surface area contributed by atoms with E-state index in [0.717, 1.165) is 38.0 Å². The molecule has 0 aliphatic carbocycles. The van der Waals surface area contributed by atoms with Gasteiger partial charge in [-0.3, -0.25) is 14.5 Å². The van der Waals surface area contributed by atoms with Crippen molar-refractivity contribution in [3.63, 3.8) is 0 Å². The summed E-state index contributed by atoms with van der Waals surface area (Å²) in [6.45, 7) is 8.80. The van der Waals surface area contributed by atoms with Crippen LogP contribution in [0.2, 0.25) is 0 Å². The Kier molecular flexibility index (Phi) is 11.1. The highest BCUT2D eigenvalue weighted by molar-refractivity contribution is 5.85. The van der Waals surface area contributed by atoms with Gasteiger partial charge in [-0.25, -0.2) is 0 Å². The van der Waals surface area contributed by atoms with E-state index >= 15 is 0 Å². The molecule has 0 radical (unpaired) electrons. The summed E-state index contributed by atoms with van der Waals surface area (Å²) in [4.78, 5) is 25.9. The zero-order valence-corrected chi connectivity index (χ0v) is 18.6. The van der Waals surface area contributed by atoms with Crippen molar-refractivity contribution in [3.8, 4) is 0 Å². The van der Waals surface area contributed by atoms with Crippen molar-refractivity contribution in [2.75, 3.05) is 13.1 Å². The number of benzene rings is 1. The van der Waals surface area contributed by atoms with E-state index in [-0.39, 0.29) is 48.0 Å². The van der Waals surface area contributed by atoms with Crippen LogP contribution >= 0.6 is 24.8 Å². The highest BCUT2D eigenvalue weighted by Crippen LogP contribution is 2.19. The maximum Gasteiger partial charge on any atom is 0.237 e. The number of primary amides is 1. The van der Waals surface area contributed by atoms with Gasteiger partial charge < -0.3 is 16.8 Å². The Balaban J connectivity index is 0.00000364. The van der Waals surface area contributed by atoms with E-state index in [4.69, 9.17) is 11.5 Å². The molecule has 1 unspecified atom stereocenters. The number of rotatable bonds is 6. The number of carbonyl (C=O) groups excluding carboxylic acids is 2. The molecule has 2 rings (SSSR count). The minimum absolute atomic E-state index is 0. The van der Waals surface area contributed by atoms with Gasteiger partial charge in [0.1, 0.15) is 0 Å². The summed E-state index contributed by atoms with van der Waals surface area (Å²) in [6.07, 6.45) is 1.87. The van der Waals surface area contributed by atoms with Gasteiger partial charge in [0, 0.05) is 19.6 Å². The van der Waals surface area contributed by atoms with E-state index in [1.807, 2.05) is 32.9 Å². The summed E-state index contributed by atoms with van der Waals surface area (Å²) >= 11 is 0. The molecule has 8 heteroatoms. The van der Waals surface area contributed by atoms with Crippen LogP contribution in [0.5, 0.6) is 0 Å². The van der Waals surface area contributed by atoms with Crippen molar-refractivity contribution >= 4 is 36.6 Å². The molecule has 0 spiro atoms. The van der Waals surface area contributed by atoms with Gasteiger partial charge in [0.25, 0.3) is 0 Å². The summed E-state index contributed by atoms with van der Waals surface area (Å²) in [5.41, 5.74) is 13.4. The van der Waals surface area contributed by atoms with Crippen LogP contribution in [-0.2, 0) is 22.7 Å². The molecule has 2 atom stereocenters. The lowest BCUT2D eigenvalue weighted by Gasteiger charge is -2.31. The average molecular weight is 433 g/mol. The van der Waals surface area contributed by atoms with E-state index in [1.54, 1.807) is 0 Å². The zero-order chi connectivity index (χ0) is 19.3. The standard InChI is InChI=1S/C20H32N4O2.2ClH/c1-20(2,3)17(21)19(26)23-11-14-6-4-7-15(10-14)12-24-9-5-8-16(13-24)18(22)25;;/h4,6-7,10,16-17H,5,8-9,11-13,21H2,1-3H3,(H2,22,25)(H,23,26);2*1H/t16?,17-;;/m1../s1. The third kappa shape index (κ3) is 7.95. The summed E-state index contributed by atoms with van der Waals surface area (Å²) < 4.78 is 0. The molecule has 2 amide bonds. The van der Waals surface area contributed by atoms with Crippen LogP contribution in [-0.4, -0.2) is 35.8 Å². The van der Waals surface area contributed by atoms with Gasteiger partial charge in [0.05, 0.1) is 12.0 Å². The van der Waals surface area contributed by atoms with Gasteiger partial charge in [0.2, 0.25) is 11.8 Å². The lowest BCUT2D eigenvalue weighted by molar-refractivity contribution is -0.125. The number of hydrogen-bond donors (Lipinski definition) is 3. The summed E-state index contributed by atoms with van der Waals surface area (Å²) in [6, 6.07) is 7.62. The maximum atomic E-state index is 12.2.